The number of hydrogen-bond donors (Lipinski definition) is 0. The molecule has 0 bridgehead atoms. The highest BCUT2D eigenvalue weighted by Gasteiger charge is 2.32. The maximum absolute atomic E-state index is 2.63. The Bertz CT molecular complexity index is 4280. The number of rotatable bonds is 10. The van der Waals surface area contributed by atoms with Gasteiger partial charge in [0.1, 0.15) is 0 Å². The lowest BCUT2D eigenvalue weighted by Crippen LogP contribution is -2.10. The summed E-state index contributed by atoms with van der Waals surface area (Å²) in [5, 5.41) is 9.95. The molecule has 4 aromatic heterocycles. The van der Waals surface area contributed by atoms with Crippen LogP contribution in [0.1, 0.15) is 25.0 Å². The Balaban J connectivity index is 1.12. The van der Waals surface area contributed by atoms with Gasteiger partial charge in [-0.05, 0) is 108 Å². The molecule has 0 aliphatic heterocycles. The van der Waals surface area contributed by atoms with Gasteiger partial charge in [-0.15, -0.1) is 0 Å². The van der Waals surface area contributed by atoms with E-state index in [1.54, 1.807) is 0 Å². The minimum Gasteiger partial charge on any atom is -0.310 e. The highest BCUT2D eigenvalue weighted by molar-refractivity contribution is 6.39. The smallest absolute Gasteiger partial charge is 0.0634 e. The molecule has 0 fully saturated rings. The van der Waals surface area contributed by atoms with Crippen molar-refractivity contribution in [3.05, 3.63) is 254 Å². The predicted molar refractivity (Wildman–Crippen MR) is 315 cm³/mol. The molecule has 0 radical (unpaired) electrons. The van der Waals surface area contributed by atoms with E-state index >= 15 is 0 Å². The fourth-order valence-electron chi connectivity index (χ4n) is 12.7. The van der Waals surface area contributed by atoms with Gasteiger partial charge in [0.05, 0.1) is 44.5 Å². The van der Waals surface area contributed by atoms with E-state index in [1.807, 2.05) is 0 Å². The van der Waals surface area contributed by atoms with Crippen molar-refractivity contribution >= 4 is 110 Å². The van der Waals surface area contributed by atoms with Crippen molar-refractivity contribution in [1.82, 2.24) is 8.80 Å². The third kappa shape index (κ3) is 6.03. The van der Waals surface area contributed by atoms with Crippen LogP contribution >= 0.6 is 0 Å². The number of aromatic nitrogens is 2. The average Bonchev–Trinajstić information content (AvgIpc) is 4.29. The Morgan fingerprint density at radius 2 is 0.608 bits per heavy atom. The molecule has 4 heteroatoms. The van der Waals surface area contributed by atoms with E-state index < -0.39 is 0 Å². The second-order valence-corrected chi connectivity index (χ2v) is 19.7. The SMILES string of the molecule is CCc1ccc(N(c2ccccc2)c2cccc3c2c2cccc4c5c(-c6ccccc6)c6c(c(-c7ccccc7)c5n3c24)c2cccc3c4c(N(c5ccccc5)c5ccc(CC)cc5)cccc4n6c32)cc1. The van der Waals surface area contributed by atoms with Gasteiger partial charge >= 0.3 is 0 Å². The van der Waals surface area contributed by atoms with Gasteiger partial charge in [0.25, 0.3) is 0 Å². The van der Waals surface area contributed by atoms with Crippen molar-refractivity contribution in [3.63, 3.8) is 0 Å². The largest absolute Gasteiger partial charge is 0.310 e. The molecule has 350 valence electrons. The molecule has 0 amide bonds. The third-order valence-corrected chi connectivity index (χ3v) is 15.9. The zero-order chi connectivity index (χ0) is 49.0. The predicted octanol–water partition coefficient (Wildman–Crippen LogP) is 19.4. The quantitative estimate of drug-likeness (QED) is 0.136. The van der Waals surface area contributed by atoms with Crippen molar-refractivity contribution in [2.24, 2.45) is 0 Å². The maximum atomic E-state index is 2.63. The lowest BCUT2D eigenvalue weighted by molar-refractivity contribution is 1.14. The van der Waals surface area contributed by atoms with Crippen molar-refractivity contribution in [3.8, 4) is 22.3 Å². The molecule has 0 spiro atoms. The number of benzene rings is 11. The normalized spacial score (nSPS) is 12.0. The first-order chi connectivity index (χ1) is 36.7. The number of anilines is 6. The minimum absolute atomic E-state index is 0.993. The van der Waals surface area contributed by atoms with E-state index in [4.69, 9.17) is 0 Å². The molecule has 74 heavy (non-hydrogen) atoms. The molecular weight excluding hydrogens is 897 g/mol. The van der Waals surface area contributed by atoms with Gasteiger partial charge in [0.15, 0.2) is 0 Å². The number of para-hydroxylation sites is 4. The topological polar surface area (TPSA) is 15.3 Å². The lowest BCUT2D eigenvalue weighted by atomic mass is 9.89. The lowest BCUT2D eigenvalue weighted by Gasteiger charge is -2.26. The van der Waals surface area contributed by atoms with Crippen LogP contribution in [-0.2, 0) is 12.8 Å². The molecule has 0 unspecified atom stereocenters. The van der Waals surface area contributed by atoms with Crippen LogP contribution in [0.4, 0.5) is 34.1 Å². The monoisotopic (exact) mass is 946 g/mol. The standard InChI is InChI=1S/C70H50N4/c1-3-45-37-41-51(42-38-45)71(49-25-13-7-14-26-49)57-33-19-35-59-63(57)53-29-17-31-55-65-62(48-23-11-6-12-24-48)70-66(61(47-21-9-5-10-22-47)69(65)73(59)67(53)55)56-32-18-30-54-64-58(34-20-36-60(64)74(70)68(54)56)72(50-27-15-8-16-28-50)52-43-39-46(4-2)40-44-52/h5-44H,3-4H2,1-2H3. The maximum Gasteiger partial charge on any atom is 0.0634 e. The van der Waals surface area contributed by atoms with Crippen LogP contribution < -0.4 is 9.80 Å². The van der Waals surface area contributed by atoms with Crippen LogP contribution in [0.25, 0.3) is 98.4 Å². The highest BCUT2D eigenvalue weighted by atomic mass is 15.2. The van der Waals surface area contributed by atoms with Gasteiger partial charge in [0.2, 0.25) is 0 Å². The van der Waals surface area contributed by atoms with Crippen molar-refractivity contribution in [2.45, 2.75) is 26.7 Å². The summed E-state index contributed by atoms with van der Waals surface area (Å²) in [7, 11) is 0. The second kappa shape index (κ2) is 16.6. The van der Waals surface area contributed by atoms with E-state index in [-0.39, 0.29) is 0 Å². The molecule has 0 saturated carbocycles. The van der Waals surface area contributed by atoms with Crippen LogP contribution in [0.2, 0.25) is 0 Å². The van der Waals surface area contributed by atoms with Crippen molar-refractivity contribution in [2.75, 3.05) is 9.80 Å². The van der Waals surface area contributed by atoms with E-state index in [9.17, 15) is 0 Å². The Morgan fingerprint density at radius 3 is 0.973 bits per heavy atom. The van der Waals surface area contributed by atoms with Gasteiger partial charge in [-0.1, -0.05) is 184 Å². The molecule has 15 rings (SSSR count). The van der Waals surface area contributed by atoms with Gasteiger partial charge < -0.3 is 18.6 Å². The van der Waals surface area contributed by atoms with Crippen LogP contribution in [0.5, 0.6) is 0 Å². The second-order valence-electron chi connectivity index (χ2n) is 19.7. The summed E-state index contributed by atoms with van der Waals surface area (Å²) in [5.41, 5.74) is 21.7. The Hall–Kier alpha value is -9.38. The molecule has 0 atom stereocenters. The van der Waals surface area contributed by atoms with Crippen LogP contribution in [0.3, 0.4) is 0 Å². The first kappa shape index (κ1) is 42.3. The summed E-state index contributed by atoms with van der Waals surface area (Å²) >= 11 is 0. The number of hydrogen-bond acceptors (Lipinski definition) is 2. The number of aryl methyl sites for hydroxylation is 2. The van der Waals surface area contributed by atoms with E-state index in [0.29, 0.717) is 0 Å². The zero-order valence-electron chi connectivity index (χ0n) is 41.3. The van der Waals surface area contributed by atoms with Gasteiger partial charge in [-0.25, -0.2) is 0 Å². The summed E-state index contributed by atoms with van der Waals surface area (Å²) in [4.78, 5) is 4.90. The molecule has 15 aromatic rings. The van der Waals surface area contributed by atoms with Gasteiger partial charge in [-0.3, -0.25) is 0 Å². The molecule has 0 aliphatic carbocycles. The molecular formula is C70H50N4. The first-order valence-corrected chi connectivity index (χ1v) is 26.1. The molecule has 0 saturated heterocycles. The van der Waals surface area contributed by atoms with Crippen LogP contribution in [0.15, 0.2) is 243 Å². The van der Waals surface area contributed by atoms with E-state index in [0.717, 1.165) is 47.0 Å². The molecule has 4 heterocycles. The van der Waals surface area contributed by atoms with Crippen LogP contribution in [-0.4, -0.2) is 8.80 Å². The van der Waals surface area contributed by atoms with E-state index in [1.165, 1.54) is 110 Å². The summed E-state index contributed by atoms with van der Waals surface area (Å²) in [6, 6.07) is 90.1. The summed E-state index contributed by atoms with van der Waals surface area (Å²) < 4.78 is 5.26. The van der Waals surface area contributed by atoms with Crippen molar-refractivity contribution < 1.29 is 0 Å². The van der Waals surface area contributed by atoms with Gasteiger partial charge in [0, 0.05) is 77.0 Å². The van der Waals surface area contributed by atoms with E-state index in [2.05, 4.69) is 275 Å². The van der Waals surface area contributed by atoms with Crippen LogP contribution in [0, 0.1) is 0 Å². The highest BCUT2D eigenvalue weighted by Crippen LogP contribution is 2.56. The average molecular weight is 947 g/mol. The molecule has 0 N–H and O–H groups in total. The first-order valence-electron chi connectivity index (χ1n) is 26.1. The number of nitrogens with zero attached hydrogens (tertiary/aromatic N) is 4. The van der Waals surface area contributed by atoms with Crippen molar-refractivity contribution in [1.29, 1.82) is 0 Å². The Kier molecular flexibility index (Phi) is 9.49. The zero-order valence-corrected chi connectivity index (χ0v) is 41.3. The Labute approximate surface area is 429 Å². The fraction of sp³-hybridized carbons (Fsp3) is 0.0571. The molecule has 0 aliphatic rings. The minimum atomic E-state index is 0.993. The molecule has 4 nitrogen and oxygen atoms in total. The third-order valence-electron chi connectivity index (χ3n) is 15.9. The summed E-state index contributed by atoms with van der Waals surface area (Å²) in [6.07, 6.45) is 1.99. The number of fused-ring (bicyclic) bond motifs is 12. The molecule has 11 aromatic carbocycles. The Morgan fingerprint density at radius 1 is 0.284 bits per heavy atom. The fourth-order valence-corrected chi connectivity index (χ4v) is 12.7. The summed E-state index contributed by atoms with van der Waals surface area (Å²) in [5.74, 6) is 0. The van der Waals surface area contributed by atoms with Gasteiger partial charge in [-0.2, -0.15) is 0 Å². The summed E-state index contributed by atoms with van der Waals surface area (Å²) in [6.45, 7) is 4.44.